The van der Waals surface area contributed by atoms with Crippen LogP contribution in [0.15, 0.2) is 23.1 Å². The van der Waals surface area contributed by atoms with Crippen molar-refractivity contribution in [3.05, 3.63) is 23.8 Å². The van der Waals surface area contributed by atoms with Gasteiger partial charge in [0.15, 0.2) is 0 Å². The average molecular weight is 269 g/mol. The Morgan fingerprint density at radius 2 is 2.17 bits per heavy atom. The van der Waals surface area contributed by atoms with Crippen LogP contribution in [0.25, 0.3) is 0 Å². The molecule has 4 N–H and O–H groups in total. The second-order valence-corrected chi connectivity index (χ2v) is 5.91. The molecule has 0 fully saturated rings. The van der Waals surface area contributed by atoms with E-state index < -0.39 is 10.0 Å². The van der Waals surface area contributed by atoms with Gasteiger partial charge in [-0.15, -0.1) is 0 Å². The van der Waals surface area contributed by atoms with Crippen LogP contribution < -0.4 is 15.8 Å². The van der Waals surface area contributed by atoms with E-state index in [2.05, 4.69) is 10.0 Å². The van der Waals surface area contributed by atoms with Gasteiger partial charge in [-0.05, 0) is 30.7 Å². The van der Waals surface area contributed by atoms with Gasteiger partial charge in [-0.2, -0.15) is 0 Å². The number of nitrogens with one attached hydrogen (secondary N) is 2. The molecule has 18 heavy (non-hydrogen) atoms. The minimum atomic E-state index is -3.55. The first kappa shape index (κ1) is 13.0. The first-order chi connectivity index (χ1) is 8.45. The number of hydrogen-bond donors (Lipinski definition) is 3. The lowest BCUT2D eigenvalue weighted by atomic mass is 10.0. The molecule has 2 rings (SSSR count). The summed E-state index contributed by atoms with van der Waals surface area (Å²) in [6.45, 7) is 2.16. The highest BCUT2D eigenvalue weighted by Crippen LogP contribution is 2.33. The molecule has 0 saturated heterocycles. The Kier molecular flexibility index (Phi) is 3.38. The van der Waals surface area contributed by atoms with E-state index in [0.29, 0.717) is 11.3 Å². The maximum atomic E-state index is 11.9. The fourth-order valence-corrected chi connectivity index (χ4v) is 2.92. The van der Waals surface area contributed by atoms with Crippen LogP contribution in [0.5, 0.6) is 0 Å². The molecule has 0 radical (unpaired) electrons. The number of carbonyl (C=O) groups excluding carboxylic acids is 1. The molecule has 1 heterocycles. The monoisotopic (exact) mass is 269 g/mol. The predicted octanol–water partition coefficient (Wildman–Crippen LogP) is -0.0208. The maximum absolute atomic E-state index is 11.9. The molecular weight excluding hydrogens is 254 g/mol. The van der Waals surface area contributed by atoms with Crippen LogP contribution in [0.1, 0.15) is 18.4 Å². The Bertz CT molecular complexity index is 583. The third kappa shape index (κ3) is 2.24. The Labute approximate surface area is 106 Å². The summed E-state index contributed by atoms with van der Waals surface area (Å²) in [6.07, 6.45) is 0. The summed E-state index contributed by atoms with van der Waals surface area (Å²) in [5.74, 6) is -0.445. The van der Waals surface area contributed by atoms with E-state index in [1.54, 1.807) is 13.0 Å². The summed E-state index contributed by atoms with van der Waals surface area (Å²) in [5, 5.41) is 2.69. The van der Waals surface area contributed by atoms with Gasteiger partial charge in [0.25, 0.3) is 0 Å². The third-order valence-corrected chi connectivity index (χ3v) is 4.35. The smallest absolute Gasteiger partial charge is 0.240 e. The van der Waals surface area contributed by atoms with Crippen molar-refractivity contribution < 1.29 is 13.2 Å². The first-order valence-corrected chi connectivity index (χ1v) is 7.08. The molecule has 1 amide bonds. The minimum absolute atomic E-state index is 0.116. The van der Waals surface area contributed by atoms with E-state index in [0.717, 1.165) is 0 Å². The van der Waals surface area contributed by atoms with E-state index >= 15 is 0 Å². The summed E-state index contributed by atoms with van der Waals surface area (Å²) in [5.41, 5.74) is 6.64. The van der Waals surface area contributed by atoms with Crippen molar-refractivity contribution in [1.82, 2.24) is 4.72 Å². The van der Waals surface area contributed by atoms with Gasteiger partial charge in [-0.1, -0.05) is 0 Å². The molecule has 6 nitrogen and oxygen atoms in total. The fraction of sp³-hybridized carbons (Fsp3) is 0.364. The van der Waals surface area contributed by atoms with E-state index in [1.165, 1.54) is 12.1 Å². The molecule has 1 aliphatic rings. The molecule has 98 valence electrons. The number of sulfonamides is 1. The number of carbonyl (C=O) groups is 1. The van der Waals surface area contributed by atoms with Crippen LogP contribution in [0.4, 0.5) is 5.69 Å². The largest absolute Gasteiger partial charge is 0.329 e. The summed E-state index contributed by atoms with van der Waals surface area (Å²) in [7, 11) is -3.55. The summed E-state index contributed by atoms with van der Waals surface area (Å²) in [6, 6.07) is 4.60. The zero-order valence-corrected chi connectivity index (χ0v) is 10.8. The zero-order chi connectivity index (χ0) is 13.3. The number of benzene rings is 1. The van der Waals surface area contributed by atoms with Crippen LogP contribution in [-0.4, -0.2) is 27.4 Å². The van der Waals surface area contributed by atoms with Crippen molar-refractivity contribution in [1.29, 1.82) is 0 Å². The molecule has 1 atom stereocenters. The molecule has 0 bridgehead atoms. The Hall–Kier alpha value is -1.44. The number of anilines is 1. The third-order valence-electron chi connectivity index (χ3n) is 2.89. The molecule has 7 heteroatoms. The van der Waals surface area contributed by atoms with Crippen LogP contribution in [0.3, 0.4) is 0 Å². The van der Waals surface area contributed by atoms with Gasteiger partial charge in [-0.3, -0.25) is 4.79 Å². The van der Waals surface area contributed by atoms with Crippen LogP contribution in [0.2, 0.25) is 0 Å². The van der Waals surface area contributed by atoms with Crippen molar-refractivity contribution in [2.24, 2.45) is 5.73 Å². The topological polar surface area (TPSA) is 101 Å². The molecule has 0 aromatic heterocycles. The molecule has 1 unspecified atom stereocenters. The predicted molar refractivity (Wildman–Crippen MR) is 67.7 cm³/mol. The number of nitrogens with two attached hydrogens (primary N) is 1. The standard InChI is InChI=1S/C11H15N3O3S/c1-7-9-6-8(18(16,17)13-5-4-12)2-3-10(9)14-11(7)15/h2-3,6-7,13H,4-5,12H2,1H3,(H,14,15). The zero-order valence-electron chi connectivity index (χ0n) is 9.93. The van der Waals surface area contributed by atoms with E-state index in [9.17, 15) is 13.2 Å². The first-order valence-electron chi connectivity index (χ1n) is 5.60. The van der Waals surface area contributed by atoms with Gasteiger partial charge in [0.2, 0.25) is 15.9 Å². The SMILES string of the molecule is CC1C(=O)Nc2ccc(S(=O)(=O)NCCN)cc21. The second-order valence-electron chi connectivity index (χ2n) is 4.15. The Balaban J connectivity index is 2.36. The highest BCUT2D eigenvalue weighted by atomic mass is 32.2. The lowest BCUT2D eigenvalue weighted by Gasteiger charge is -2.08. The highest BCUT2D eigenvalue weighted by molar-refractivity contribution is 7.89. The van der Waals surface area contributed by atoms with Crippen LogP contribution in [-0.2, 0) is 14.8 Å². The summed E-state index contributed by atoms with van der Waals surface area (Å²) < 4.78 is 26.2. The van der Waals surface area contributed by atoms with E-state index in [4.69, 9.17) is 5.73 Å². The van der Waals surface area contributed by atoms with Gasteiger partial charge >= 0.3 is 0 Å². The molecule has 0 saturated carbocycles. The quantitative estimate of drug-likeness (QED) is 0.715. The molecule has 0 spiro atoms. The van der Waals surface area contributed by atoms with Gasteiger partial charge in [0, 0.05) is 18.8 Å². The number of fused-ring (bicyclic) bond motifs is 1. The number of rotatable bonds is 4. The van der Waals surface area contributed by atoms with Crippen molar-refractivity contribution in [3.63, 3.8) is 0 Å². The lowest BCUT2D eigenvalue weighted by molar-refractivity contribution is -0.116. The second kappa shape index (κ2) is 4.68. The molecule has 1 aromatic carbocycles. The van der Waals surface area contributed by atoms with E-state index in [1.807, 2.05) is 0 Å². The van der Waals surface area contributed by atoms with Crippen LogP contribution >= 0.6 is 0 Å². The van der Waals surface area contributed by atoms with Crippen LogP contribution in [0, 0.1) is 0 Å². The number of amides is 1. The van der Waals surface area contributed by atoms with E-state index in [-0.39, 0.29) is 29.8 Å². The summed E-state index contributed by atoms with van der Waals surface area (Å²) in [4.78, 5) is 11.6. The van der Waals surface area contributed by atoms with Crippen molar-refractivity contribution in [2.45, 2.75) is 17.7 Å². The van der Waals surface area contributed by atoms with Crippen molar-refractivity contribution in [3.8, 4) is 0 Å². The van der Waals surface area contributed by atoms with Gasteiger partial charge in [0.1, 0.15) is 0 Å². The maximum Gasteiger partial charge on any atom is 0.240 e. The molecule has 1 aromatic rings. The minimum Gasteiger partial charge on any atom is -0.329 e. The van der Waals surface area contributed by atoms with Gasteiger partial charge in [0.05, 0.1) is 10.8 Å². The average Bonchev–Trinajstić information content (AvgIpc) is 2.62. The Morgan fingerprint density at radius 3 is 2.83 bits per heavy atom. The molecular formula is C11H15N3O3S. The number of hydrogen-bond acceptors (Lipinski definition) is 4. The van der Waals surface area contributed by atoms with Crippen molar-refractivity contribution in [2.75, 3.05) is 18.4 Å². The normalized spacial score (nSPS) is 18.6. The molecule has 1 aliphatic heterocycles. The van der Waals surface area contributed by atoms with Crippen molar-refractivity contribution >= 4 is 21.6 Å². The summed E-state index contributed by atoms with van der Waals surface area (Å²) >= 11 is 0. The van der Waals surface area contributed by atoms with Gasteiger partial charge in [-0.25, -0.2) is 13.1 Å². The van der Waals surface area contributed by atoms with Gasteiger partial charge < -0.3 is 11.1 Å². The molecule has 0 aliphatic carbocycles. The lowest BCUT2D eigenvalue weighted by Crippen LogP contribution is -2.29. The Morgan fingerprint density at radius 1 is 1.44 bits per heavy atom. The highest BCUT2D eigenvalue weighted by Gasteiger charge is 2.28. The fourth-order valence-electron chi connectivity index (χ4n) is 1.84.